The second-order valence-electron chi connectivity index (χ2n) is 7.52. The minimum atomic E-state index is 0.187. The lowest BCUT2D eigenvalue weighted by atomic mass is 10.0. The molecule has 1 aromatic carbocycles. The van der Waals surface area contributed by atoms with Crippen molar-refractivity contribution in [3.63, 3.8) is 0 Å². The van der Waals surface area contributed by atoms with E-state index in [9.17, 15) is 0 Å². The Labute approximate surface area is 158 Å². The lowest BCUT2D eigenvalue weighted by molar-refractivity contribution is 0.158. The van der Waals surface area contributed by atoms with E-state index in [4.69, 9.17) is 4.74 Å². The summed E-state index contributed by atoms with van der Waals surface area (Å²) in [6.07, 6.45) is 7.70. The molecule has 0 radical (unpaired) electrons. The van der Waals surface area contributed by atoms with Crippen molar-refractivity contribution in [2.75, 3.05) is 33.2 Å². The summed E-state index contributed by atoms with van der Waals surface area (Å²) in [7, 11) is 1.83. The van der Waals surface area contributed by atoms with E-state index in [0.717, 1.165) is 37.3 Å². The molecule has 3 rings (SSSR count). The quantitative estimate of drug-likeness (QED) is 0.447. The predicted molar refractivity (Wildman–Crippen MR) is 108 cm³/mol. The van der Waals surface area contributed by atoms with Gasteiger partial charge >= 0.3 is 0 Å². The number of aliphatic imine (C=N–C) groups is 1. The number of nitrogens with one attached hydrogen (secondary N) is 2. The number of unbranched alkanes of at least 4 members (excludes halogenated alkanes) is 1. The number of rotatable bonds is 7. The van der Waals surface area contributed by atoms with Gasteiger partial charge in [0.1, 0.15) is 11.9 Å². The summed E-state index contributed by atoms with van der Waals surface area (Å²) < 4.78 is 5.97. The zero-order valence-electron chi connectivity index (χ0n) is 16.3. The van der Waals surface area contributed by atoms with Crippen molar-refractivity contribution in [2.45, 2.75) is 57.6 Å². The van der Waals surface area contributed by atoms with Crippen LogP contribution < -0.4 is 15.4 Å². The van der Waals surface area contributed by atoms with Gasteiger partial charge in [0, 0.05) is 26.1 Å². The predicted octanol–water partition coefficient (Wildman–Crippen LogP) is 2.81. The van der Waals surface area contributed by atoms with Crippen LogP contribution in [0.3, 0.4) is 0 Å². The Balaban J connectivity index is 1.28. The second kappa shape index (κ2) is 9.81. The van der Waals surface area contributed by atoms with Gasteiger partial charge in [-0.15, -0.1) is 0 Å². The highest BCUT2D eigenvalue weighted by molar-refractivity contribution is 5.79. The van der Waals surface area contributed by atoms with Crippen LogP contribution in [0.2, 0.25) is 0 Å². The zero-order valence-corrected chi connectivity index (χ0v) is 16.3. The third-order valence-electron chi connectivity index (χ3n) is 5.54. The van der Waals surface area contributed by atoms with Crippen molar-refractivity contribution in [1.82, 2.24) is 15.5 Å². The van der Waals surface area contributed by atoms with E-state index in [0.29, 0.717) is 0 Å². The lowest BCUT2D eigenvalue weighted by Crippen LogP contribution is -2.42. The van der Waals surface area contributed by atoms with Crippen LogP contribution in [0.4, 0.5) is 0 Å². The van der Waals surface area contributed by atoms with Gasteiger partial charge in [-0.3, -0.25) is 4.99 Å². The highest BCUT2D eigenvalue weighted by Gasteiger charge is 2.22. The average Bonchev–Trinajstić information content (AvgIpc) is 3.08. The molecule has 1 fully saturated rings. The van der Waals surface area contributed by atoms with Gasteiger partial charge in [0.2, 0.25) is 0 Å². The Bertz CT molecular complexity index is 564. The first kappa shape index (κ1) is 19.0. The largest absolute Gasteiger partial charge is 0.488 e. The molecule has 5 heteroatoms. The van der Waals surface area contributed by atoms with Crippen molar-refractivity contribution in [3.8, 4) is 5.75 Å². The summed E-state index contributed by atoms with van der Waals surface area (Å²) in [6.45, 7) is 6.62. The molecule has 2 aliphatic heterocycles. The summed E-state index contributed by atoms with van der Waals surface area (Å²) in [6, 6.07) is 9.06. The van der Waals surface area contributed by atoms with Crippen LogP contribution in [0.1, 0.15) is 44.6 Å². The third kappa shape index (κ3) is 5.37. The zero-order chi connectivity index (χ0) is 18.2. The highest BCUT2D eigenvalue weighted by Crippen LogP contribution is 2.27. The van der Waals surface area contributed by atoms with Crippen molar-refractivity contribution < 1.29 is 4.74 Å². The maximum atomic E-state index is 5.97. The lowest BCUT2D eigenvalue weighted by Gasteiger charge is -2.33. The van der Waals surface area contributed by atoms with E-state index in [1.807, 2.05) is 19.2 Å². The molecule has 0 amide bonds. The summed E-state index contributed by atoms with van der Waals surface area (Å²) >= 11 is 0. The van der Waals surface area contributed by atoms with E-state index in [1.54, 1.807) is 0 Å². The van der Waals surface area contributed by atoms with Gasteiger partial charge in [0.05, 0.1) is 6.54 Å². The van der Waals surface area contributed by atoms with Crippen LogP contribution in [-0.4, -0.2) is 56.2 Å². The Hall–Kier alpha value is -1.75. The van der Waals surface area contributed by atoms with Crippen molar-refractivity contribution in [1.29, 1.82) is 0 Å². The Kier molecular flexibility index (Phi) is 7.18. The third-order valence-corrected chi connectivity index (χ3v) is 5.54. The molecule has 0 spiro atoms. The topological polar surface area (TPSA) is 48.9 Å². The van der Waals surface area contributed by atoms with Crippen LogP contribution in [0.5, 0.6) is 5.75 Å². The molecule has 2 N–H and O–H groups in total. The van der Waals surface area contributed by atoms with Gasteiger partial charge in [0.25, 0.3) is 0 Å². The standard InChI is InChI=1S/C21H34N4O/c1-17-9-5-7-13-25(17)14-8-6-12-23-21(22-2)24-16-19-15-18-10-3-4-11-20(18)26-19/h3-4,10-11,17,19H,5-9,12-16H2,1-2H3,(H2,22,23,24). The van der Waals surface area contributed by atoms with Gasteiger partial charge in [-0.05, 0) is 57.3 Å². The Morgan fingerprint density at radius 2 is 2.12 bits per heavy atom. The number of ether oxygens (including phenoxy) is 1. The number of hydrogen-bond donors (Lipinski definition) is 2. The maximum absolute atomic E-state index is 5.97. The first-order valence-corrected chi connectivity index (χ1v) is 10.2. The first-order valence-electron chi connectivity index (χ1n) is 10.2. The van der Waals surface area contributed by atoms with Gasteiger partial charge in [0.15, 0.2) is 5.96 Å². The number of likely N-dealkylation sites (tertiary alicyclic amines) is 1. The summed E-state index contributed by atoms with van der Waals surface area (Å²) in [5, 5.41) is 6.83. The average molecular weight is 359 g/mol. The van der Waals surface area contributed by atoms with E-state index in [-0.39, 0.29) is 6.10 Å². The molecule has 1 saturated heterocycles. The molecule has 2 unspecified atom stereocenters. The van der Waals surface area contributed by atoms with Crippen molar-refractivity contribution in [3.05, 3.63) is 29.8 Å². The molecule has 0 aromatic heterocycles. The number of nitrogens with zero attached hydrogens (tertiary/aromatic N) is 2. The monoisotopic (exact) mass is 358 g/mol. The van der Waals surface area contributed by atoms with Crippen molar-refractivity contribution >= 4 is 5.96 Å². The number of hydrogen-bond acceptors (Lipinski definition) is 3. The molecule has 2 atom stereocenters. The van der Waals surface area contributed by atoms with Crippen LogP contribution in [0.15, 0.2) is 29.3 Å². The SMILES string of the molecule is CN=C(NCCCCN1CCCCC1C)NCC1Cc2ccccc2O1. The summed E-state index contributed by atoms with van der Waals surface area (Å²) in [5.41, 5.74) is 1.30. The molecule has 26 heavy (non-hydrogen) atoms. The van der Waals surface area contributed by atoms with Gasteiger partial charge in [-0.2, -0.15) is 0 Å². The van der Waals surface area contributed by atoms with Crippen LogP contribution in [-0.2, 0) is 6.42 Å². The molecular weight excluding hydrogens is 324 g/mol. The summed E-state index contributed by atoms with van der Waals surface area (Å²) in [4.78, 5) is 6.97. The second-order valence-corrected chi connectivity index (χ2v) is 7.52. The Morgan fingerprint density at radius 3 is 2.92 bits per heavy atom. The first-order chi connectivity index (χ1) is 12.8. The Morgan fingerprint density at radius 1 is 1.23 bits per heavy atom. The van der Waals surface area contributed by atoms with E-state index >= 15 is 0 Å². The smallest absolute Gasteiger partial charge is 0.191 e. The fourth-order valence-electron chi connectivity index (χ4n) is 3.94. The molecule has 5 nitrogen and oxygen atoms in total. The van der Waals surface area contributed by atoms with Crippen LogP contribution in [0, 0.1) is 0 Å². The highest BCUT2D eigenvalue weighted by atomic mass is 16.5. The molecule has 2 aliphatic rings. The number of para-hydroxylation sites is 1. The summed E-state index contributed by atoms with van der Waals surface area (Å²) in [5.74, 6) is 1.89. The number of piperidine rings is 1. The van der Waals surface area contributed by atoms with E-state index < -0.39 is 0 Å². The van der Waals surface area contributed by atoms with Crippen LogP contribution >= 0.6 is 0 Å². The minimum Gasteiger partial charge on any atom is -0.488 e. The number of fused-ring (bicyclic) bond motifs is 1. The van der Waals surface area contributed by atoms with Crippen molar-refractivity contribution in [2.24, 2.45) is 4.99 Å². The number of guanidine groups is 1. The molecule has 0 bridgehead atoms. The normalized spacial score (nSPS) is 23.4. The molecule has 1 aromatic rings. The fourth-order valence-corrected chi connectivity index (χ4v) is 3.94. The van der Waals surface area contributed by atoms with Gasteiger partial charge in [-0.25, -0.2) is 0 Å². The number of benzene rings is 1. The van der Waals surface area contributed by atoms with Gasteiger partial charge < -0.3 is 20.3 Å². The van der Waals surface area contributed by atoms with Gasteiger partial charge in [-0.1, -0.05) is 24.6 Å². The fraction of sp³-hybridized carbons (Fsp3) is 0.667. The molecule has 0 saturated carbocycles. The molecule has 144 valence electrons. The van der Waals surface area contributed by atoms with Crippen LogP contribution in [0.25, 0.3) is 0 Å². The molecule has 2 heterocycles. The minimum absolute atomic E-state index is 0.187. The molecule has 0 aliphatic carbocycles. The van der Waals surface area contributed by atoms with E-state index in [2.05, 4.69) is 39.6 Å². The maximum Gasteiger partial charge on any atom is 0.191 e. The molecular formula is C21H34N4O. The van der Waals surface area contributed by atoms with E-state index in [1.165, 1.54) is 50.8 Å².